The van der Waals surface area contributed by atoms with E-state index in [0.29, 0.717) is 48.8 Å². The molecule has 38 heavy (non-hydrogen) atoms. The second-order valence-electron chi connectivity index (χ2n) is 9.69. The van der Waals surface area contributed by atoms with Crippen molar-refractivity contribution in [3.63, 3.8) is 0 Å². The first-order valence-corrected chi connectivity index (χ1v) is 12.9. The number of hydrogen-bond acceptors (Lipinski definition) is 6. The monoisotopic (exact) mass is 520 g/mol. The molecule has 9 heteroatoms. The van der Waals surface area contributed by atoms with E-state index in [2.05, 4.69) is 10.2 Å². The van der Waals surface area contributed by atoms with Crippen LogP contribution in [0.1, 0.15) is 41.4 Å². The van der Waals surface area contributed by atoms with E-state index >= 15 is 0 Å². The fourth-order valence-corrected chi connectivity index (χ4v) is 5.13. The molecule has 2 aromatic carbocycles. The van der Waals surface area contributed by atoms with E-state index < -0.39 is 12.0 Å². The molecule has 0 spiro atoms. The van der Waals surface area contributed by atoms with Gasteiger partial charge >= 0.3 is 12.0 Å². The summed E-state index contributed by atoms with van der Waals surface area (Å²) in [6, 6.07) is 13.9. The van der Waals surface area contributed by atoms with Crippen molar-refractivity contribution in [3.05, 3.63) is 76.5 Å². The minimum absolute atomic E-state index is 0.0278. The molecule has 0 radical (unpaired) electrons. The predicted octanol–water partition coefficient (Wildman–Crippen LogP) is 3.36. The Morgan fingerprint density at radius 2 is 1.79 bits per heavy atom. The number of carbonyl (C=O) groups is 3. The van der Waals surface area contributed by atoms with Crippen LogP contribution < -0.4 is 10.1 Å². The number of rotatable bonds is 7. The summed E-state index contributed by atoms with van der Waals surface area (Å²) in [5.74, 6) is 0.235. The average molecular weight is 521 g/mol. The largest absolute Gasteiger partial charge is 0.497 e. The fourth-order valence-electron chi connectivity index (χ4n) is 5.13. The van der Waals surface area contributed by atoms with Gasteiger partial charge in [-0.3, -0.25) is 14.6 Å². The molecule has 0 bridgehead atoms. The first kappa shape index (κ1) is 27.2. The van der Waals surface area contributed by atoms with E-state index in [4.69, 9.17) is 9.47 Å². The Bertz CT molecular complexity index is 1230. The molecule has 1 saturated heterocycles. The zero-order chi connectivity index (χ0) is 27.4. The quantitative estimate of drug-likeness (QED) is 0.563. The number of esters is 1. The van der Waals surface area contributed by atoms with Crippen LogP contribution in [-0.4, -0.2) is 85.6 Å². The summed E-state index contributed by atoms with van der Waals surface area (Å²) in [7, 11) is 3.27. The van der Waals surface area contributed by atoms with Gasteiger partial charge in [0.05, 0.1) is 25.3 Å². The molecule has 2 aromatic rings. The van der Waals surface area contributed by atoms with Gasteiger partial charge in [0, 0.05) is 50.5 Å². The average Bonchev–Trinajstić information content (AvgIpc) is 2.91. The molecule has 0 aromatic heterocycles. The molecule has 0 saturated carbocycles. The third-order valence-electron chi connectivity index (χ3n) is 7.25. The zero-order valence-corrected chi connectivity index (χ0v) is 22.7. The lowest BCUT2D eigenvalue weighted by Crippen LogP contribution is -2.56. The first-order chi connectivity index (χ1) is 18.2. The Balaban J connectivity index is 1.59. The lowest BCUT2D eigenvalue weighted by molar-refractivity contribution is -0.139. The van der Waals surface area contributed by atoms with Crippen LogP contribution >= 0.6 is 0 Å². The minimum atomic E-state index is -0.607. The normalized spacial score (nSPS) is 20.3. The maximum atomic E-state index is 13.3. The van der Waals surface area contributed by atoms with Gasteiger partial charge in [0.2, 0.25) is 0 Å². The second-order valence-corrected chi connectivity index (χ2v) is 9.69. The number of ether oxygens (including phenoxy) is 2. The van der Waals surface area contributed by atoms with Crippen molar-refractivity contribution >= 4 is 17.9 Å². The standard InChI is InChI=1S/C29H36N4O5/c1-6-38-28(35)25-24(31(4)29(36)30-26(25)23-10-8-7-9-19(23)2)18-32-15-16-33(20(3)17-32)27(34)21-11-13-22(37-5)14-12-21/h7-14,20,26H,6,15-18H2,1-5H3,(H,30,36)/t20-,26-/m0/s1. The third kappa shape index (κ3) is 5.52. The maximum absolute atomic E-state index is 13.3. The molecule has 1 N–H and O–H groups in total. The summed E-state index contributed by atoms with van der Waals surface area (Å²) >= 11 is 0. The Morgan fingerprint density at radius 3 is 2.42 bits per heavy atom. The number of hydrogen-bond donors (Lipinski definition) is 1. The predicted molar refractivity (Wildman–Crippen MR) is 144 cm³/mol. The summed E-state index contributed by atoms with van der Waals surface area (Å²) < 4.78 is 10.7. The smallest absolute Gasteiger partial charge is 0.338 e. The van der Waals surface area contributed by atoms with Gasteiger partial charge in [-0.25, -0.2) is 9.59 Å². The van der Waals surface area contributed by atoms with Crippen LogP contribution in [0, 0.1) is 6.92 Å². The van der Waals surface area contributed by atoms with Crippen LogP contribution in [0.15, 0.2) is 59.8 Å². The Morgan fingerprint density at radius 1 is 1.08 bits per heavy atom. The summed E-state index contributed by atoms with van der Waals surface area (Å²) in [6.07, 6.45) is 0. The Hall–Kier alpha value is -3.85. The molecule has 2 atom stereocenters. The molecule has 1 fully saturated rings. The molecule has 3 amide bonds. The number of piperazine rings is 1. The molecular formula is C29H36N4O5. The van der Waals surface area contributed by atoms with Gasteiger partial charge < -0.3 is 19.7 Å². The minimum Gasteiger partial charge on any atom is -0.497 e. The van der Waals surface area contributed by atoms with Gasteiger partial charge in [-0.05, 0) is 56.2 Å². The van der Waals surface area contributed by atoms with Crippen molar-refractivity contribution < 1.29 is 23.9 Å². The van der Waals surface area contributed by atoms with Crippen molar-refractivity contribution in [3.8, 4) is 5.75 Å². The van der Waals surface area contributed by atoms with Gasteiger partial charge in [0.25, 0.3) is 5.91 Å². The van der Waals surface area contributed by atoms with Crippen LogP contribution in [-0.2, 0) is 9.53 Å². The SMILES string of the molecule is CCOC(=O)C1=C(CN2CCN(C(=O)c3ccc(OC)cc3)[C@@H](C)C2)N(C)C(=O)N[C@H]1c1ccccc1C. The number of benzene rings is 2. The van der Waals surface area contributed by atoms with Gasteiger partial charge in [-0.2, -0.15) is 0 Å². The summed E-state index contributed by atoms with van der Waals surface area (Å²) in [5.41, 5.74) is 3.50. The zero-order valence-electron chi connectivity index (χ0n) is 22.7. The van der Waals surface area contributed by atoms with Crippen LogP contribution in [0.3, 0.4) is 0 Å². The van der Waals surface area contributed by atoms with Crippen molar-refractivity contribution in [1.29, 1.82) is 0 Å². The van der Waals surface area contributed by atoms with E-state index in [-0.39, 0.29) is 24.6 Å². The van der Waals surface area contributed by atoms with Crippen molar-refractivity contribution in [2.75, 3.05) is 46.9 Å². The van der Waals surface area contributed by atoms with E-state index in [9.17, 15) is 14.4 Å². The highest BCUT2D eigenvalue weighted by Crippen LogP contribution is 2.33. The van der Waals surface area contributed by atoms with Crippen LogP contribution in [0.5, 0.6) is 5.75 Å². The third-order valence-corrected chi connectivity index (χ3v) is 7.25. The Labute approximate surface area is 224 Å². The lowest BCUT2D eigenvalue weighted by atomic mass is 9.91. The number of methoxy groups -OCH3 is 1. The number of nitrogens with one attached hydrogen (secondary N) is 1. The molecule has 0 aliphatic carbocycles. The molecule has 0 unspecified atom stereocenters. The molecule has 2 aliphatic rings. The second kappa shape index (κ2) is 11.7. The number of likely N-dealkylation sites (N-methyl/N-ethyl adjacent to an activating group) is 1. The van der Waals surface area contributed by atoms with Gasteiger partial charge in [-0.1, -0.05) is 24.3 Å². The highest BCUT2D eigenvalue weighted by atomic mass is 16.5. The Kier molecular flexibility index (Phi) is 8.36. The highest BCUT2D eigenvalue weighted by molar-refractivity contribution is 5.95. The van der Waals surface area contributed by atoms with Gasteiger partial charge in [0.15, 0.2) is 0 Å². The van der Waals surface area contributed by atoms with Crippen molar-refractivity contribution in [2.45, 2.75) is 32.9 Å². The van der Waals surface area contributed by atoms with Crippen LogP contribution in [0.4, 0.5) is 4.79 Å². The van der Waals surface area contributed by atoms with E-state index in [1.807, 2.05) is 43.0 Å². The van der Waals surface area contributed by atoms with Crippen LogP contribution in [0.2, 0.25) is 0 Å². The topological polar surface area (TPSA) is 91.4 Å². The number of aryl methyl sites for hydroxylation is 1. The number of urea groups is 1. The highest BCUT2D eigenvalue weighted by Gasteiger charge is 2.39. The number of carbonyl (C=O) groups excluding carboxylic acids is 3. The first-order valence-electron chi connectivity index (χ1n) is 12.9. The molecule has 2 aliphatic heterocycles. The van der Waals surface area contributed by atoms with E-state index in [0.717, 1.165) is 11.1 Å². The van der Waals surface area contributed by atoms with Gasteiger partial charge in [-0.15, -0.1) is 0 Å². The molecule has 9 nitrogen and oxygen atoms in total. The molecular weight excluding hydrogens is 484 g/mol. The summed E-state index contributed by atoms with van der Waals surface area (Å²) in [5, 5.41) is 2.98. The van der Waals surface area contributed by atoms with E-state index in [1.54, 1.807) is 45.3 Å². The fraction of sp³-hybridized carbons (Fsp3) is 0.414. The van der Waals surface area contributed by atoms with E-state index in [1.165, 1.54) is 4.90 Å². The number of amides is 3. The molecule has 202 valence electrons. The summed E-state index contributed by atoms with van der Waals surface area (Å²) in [4.78, 5) is 45.0. The lowest BCUT2D eigenvalue weighted by Gasteiger charge is -2.42. The van der Waals surface area contributed by atoms with Crippen molar-refractivity contribution in [2.24, 2.45) is 0 Å². The molecule has 2 heterocycles. The number of nitrogens with zero attached hydrogens (tertiary/aromatic N) is 3. The van der Waals surface area contributed by atoms with Crippen LogP contribution in [0.25, 0.3) is 0 Å². The van der Waals surface area contributed by atoms with Gasteiger partial charge in [0.1, 0.15) is 5.75 Å². The van der Waals surface area contributed by atoms with Crippen molar-refractivity contribution in [1.82, 2.24) is 20.0 Å². The maximum Gasteiger partial charge on any atom is 0.338 e. The summed E-state index contributed by atoms with van der Waals surface area (Å²) in [6.45, 7) is 8.11. The molecule has 4 rings (SSSR count).